The molecule has 0 saturated carbocycles. The zero-order valence-electron chi connectivity index (χ0n) is 58.8. The van der Waals surface area contributed by atoms with Crippen molar-refractivity contribution in [2.75, 3.05) is 19.9 Å². The first-order chi connectivity index (χ1) is 45.4. The average molecular weight is 1400 g/mol. The third-order valence-corrected chi connectivity index (χ3v) is 19.0. The van der Waals surface area contributed by atoms with Crippen LogP contribution in [0.25, 0.3) is 0 Å². The summed E-state index contributed by atoms with van der Waals surface area (Å²) in [7, 11) is -10.2. The van der Waals surface area contributed by atoms with Crippen molar-refractivity contribution in [1.82, 2.24) is 10.6 Å². The first-order valence-electron chi connectivity index (χ1n) is 37.1. The van der Waals surface area contributed by atoms with E-state index >= 15 is 0 Å². The van der Waals surface area contributed by atoms with E-state index in [-0.39, 0.29) is 25.7 Å². The fourth-order valence-corrected chi connectivity index (χ4v) is 13.6. The molecule has 2 aliphatic heterocycles. The standard InChI is InChI=1S/C69H132N2O22P2/c1-6-10-14-18-22-26-30-34-38-42-52(73)46-58(77)70-62-66(90-60(79)48-54(75)44-40-36-32-28-24-20-16-12-8-3)64(81)57(89-69(62)93-94(5,82)83)51-87-68-63(71-59(78)47-53(74)43-39-35-31-27-23-19-15-11-7-2)67(65(56(50-72)88-68)92-95(84,85)86)91-61(80)49-55(76)45-41-37-33-29-25-21-17-13-9-4/h52-57,62-69,72-76,81H,6-51H2,1-5H3,(H,70,77)(H,71,78)(H,82,83)(H2,84,85,86)/t52-,53-,54-,55-,56?,57?,62+,63+,64-,65-,66?,67?,68-,69-/m1/s1. The highest BCUT2D eigenvalue weighted by Crippen LogP contribution is 2.44. The zero-order chi connectivity index (χ0) is 70.3. The van der Waals surface area contributed by atoms with Crippen LogP contribution in [0.3, 0.4) is 0 Å². The highest BCUT2D eigenvalue weighted by atomic mass is 31.2. The molecule has 2 heterocycles. The number of carbonyl (C=O) groups is 4. The number of unbranched alkanes of at least 4 members (excludes halogenated alkanes) is 32. The smallest absolute Gasteiger partial charge is 0.457 e. The van der Waals surface area contributed by atoms with Crippen LogP contribution in [0.4, 0.5) is 0 Å². The van der Waals surface area contributed by atoms with E-state index in [2.05, 4.69) is 38.3 Å². The second kappa shape index (κ2) is 53.6. The maximum Gasteiger partial charge on any atom is 0.470 e. The Labute approximate surface area is 569 Å². The fraction of sp³-hybridized carbons (Fsp3) is 0.942. The summed E-state index contributed by atoms with van der Waals surface area (Å²) < 4.78 is 66.7. The van der Waals surface area contributed by atoms with E-state index in [1.807, 2.05) is 0 Å². The lowest BCUT2D eigenvalue weighted by molar-refractivity contribution is -0.296. The second-order valence-electron chi connectivity index (χ2n) is 27.1. The lowest BCUT2D eigenvalue weighted by Crippen LogP contribution is -2.68. The van der Waals surface area contributed by atoms with Gasteiger partial charge in [0.15, 0.2) is 24.8 Å². The first kappa shape index (κ1) is 88.9. The zero-order valence-corrected chi connectivity index (χ0v) is 60.6. The molecular weight excluding hydrogens is 1270 g/mol. The summed E-state index contributed by atoms with van der Waals surface area (Å²) in [6, 6.07) is -3.55. The second-order valence-corrected chi connectivity index (χ2v) is 30.1. The molecule has 11 N–H and O–H groups in total. The maximum absolute atomic E-state index is 14.1. The third-order valence-electron chi connectivity index (χ3n) is 17.9. The molecule has 2 rings (SSSR count). The monoisotopic (exact) mass is 1400 g/mol. The molecule has 0 aromatic carbocycles. The molecule has 26 heteroatoms. The quantitative estimate of drug-likeness (QED) is 0.0153. The molecule has 0 aromatic rings. The minimum Gasteiger partial charge on any atom is -0.457 e. The van der Waals surface area contributed by atoms with Gasteiger partial charge in [-0.1, -0.05) is 259 Å². The van der Waals surface area contributed by atoms with Crippen LogP contribution < -0.4 is 10.6 Å². The Kier molecular flexibility index (Phi) is 50.1. The minimum absolute atomic E-state index is 0.212. The van der Waals surface area contributed by atoms with Gasteiger partial charge in [-0.2, -0.15) is 0 Å². The number of amides is 2. The molecule has 0 radical (unpaired) electrons. The van der Waals surface area contributed by atoms with Gasteiger partial charge in [0.05, 0.1) is 63.3 Å². The van der Waals surface area contributed by atoms with E-state index in [9.17, 15) is 73.6 Å². The molecule has 2 saturated heterocycles. The largest absolute Gasteiger partial charge is 0.470 e. The van der Waals surface area contributed by atoms with Gasteiger partial charge in [-0.25, -0.2) is 4.57 Å². The van der Waals surface area contributed by atoms with Crippen LogP contribution in [-0.2, 0) is 61.0 Å². The summed E-state index contributed by atoms with van der Waals surface area (Å²) in [4.78, 5) is 86.9. The molecule has 2 amide bonds. The van der Waals surface area contributed by atoms with Gasteiger partial charge in [0.1, 0.15) is 36.5 Å². The van der Waals surface area contributed by atoms with Crippen LogP contribution in [0.15, 0.2) is 0 Å². The normalized spacial score (nSPS) is 23.5. The number of hydrogen-bond acceptors (Lipinski definition) is 19. The highest BCUT2D eigenvalue weighted by molar-refractivity contribution is 7.51. The van der Waals surface area contributed by atoms with Crippen LogP contribution in [0.1, 0.15) is 310 Å². The Morgan fingerprint density at radius 1 is 0.421 bits per heavy atom. The summed E-state index contributed by atoms with van der Waals surface area (Å²) in [6.45, 7) is 7.51. The molecule has 0 aliphatic carbocycles. The van der Waals surface area contributed by atoms with Gasteiger partial charge < -0.3 is 79.6 Å². The number of ether oxygens (including phenoxy) is 5. The van der Waals surface area contributed by atoms with Crippen LogP contribution in [0.2, 0.25) is 0 Å². The van der Waals surface area contributed by atoms with Crippen molar-refractivity contribution in [3.05, 3.63) is 0 Å². The minimum atomic E-state index is -5.54. The summed E-state index contributed by atoms with van der Waals surface area (Å²) in [5.41, 5.74) is 0. The lowest BCUT2D eigenvalue weighted by atomic mass is 9.95. The Morgan fingerprint density at radius 2 is 0.726 bits per heavy atom. The number of esters is 2. The van der Waals surface area contributed by atoms with E-state index < -0.39 is 164 Å². The Bertz CT molecular complexity index is 2070. The molecule has 5 unspecified atom stereocenters. The Morgan fingerprint density at radius 3 is 1.05 bits per heavy atom. The van der Waals surface area contributed by atoms with Gasteiger partial charge in [0.2, 0.25) is 11.8 Å². The number of phosphoric acid groups is 1. The molecule has 560 valence electrons. The summed E-state index contributed by atoms with van der Waals surface area (Å²) in [5, 5.41) is 72.5. The van der Waals surface area contributed by atoms with Crippen molar-refractivity contribution in [2.45, 2.75) is 396 Å². The van der Waals surface area contributed by atoms with Crippen molar-refractivity contribution in [2.24, 2.45) is 0 Å². The topological polar surface area (TPSA) is 373 Å². The molecule has 95 heavy (non-hydrogen) atoms. The van der Waals surface area contributed by atoms with Crippen molar-refractivity contribution in [3.63, 3.8) is 0 Å². The van der Waals surface area contributed by atoms with E-state index in [0.29, 0.717) is 25.7 Å². The SMILES string of the molecule is CCCCCCCCCCC[C@@H](O)CC(=O)N[C@H]1C(OC(=O)C[C@H](O)CCCCCCCCCCC)[C@H](O)C(CO[C@@H]2OC(CO)[C@@H](OP(=O)(O)O)C(OC(=O)C[C@H](O)CCCCCCCCCCC)[C@@H]2NC(=O)C[C@H](O)CCCCCCCCCCC)O[C@@H]1OP(C)(=O)O. The predicted molar refractivity (Wildman–Crippen MR) is 364 cm³/mol. The van der Waals surface area contributed by atoms with Gasteiger partial charge in [0.25, 0.3) is 0 Å². The summed E-state index contributed by atoms with van der Waals surface area (Å²) in [6.07, 6.45) is 15.4. The maximum atomic E-state index is 14.1. The van der Waals surface area contributed by atoms with Gasteiger partial charge in [-0.3, -0.25) is 32.8 Å². The van der Waals surface area contributed by atoms with E-state index in [1.165, 1.54) is 51.4 Å². The third kappa shape index (κ3) is 43.3. The number of aliphatic hydroxyl groups is 6. The molecule has 15 atom stereocenters. The predicted octanol–water partition coefficient (Wildman–Crippen LogP) is 11.6. The molecule has 0 bridgehead atoms. The first-order valence-corrected chi connectivity index (χ1v) is 40.6. The van der Waals surface area contributed by atoms with Crippen molar-refractivity contribution in [1.29, 1.82) is 0 Å². The van der Waals surface area contributed by atoms with E-state index in [4.69, 9.17) is 32.7 Å². The summed E-state index contributed by atoms with van der Waals surface area (Å²) >= 11 is 0. The molecule has 2 fully saturated rings. The number of hydrogen-bond donors (Lipinski definition) is 11. The lowest BCUT2D eigenvalue weighted by Gasteiger charge is -2.47. The molecule has 0 spiro atoms. The number of aliphatic hydroxyl groups excluding tert-OH is 6. The van der Waals surface area contributed by atoms with Gasteiger partial charge >= 0.3 is 27.4 Å². The fourth-order valence-electron chi connectivity index (χ4n) is 12.5. The van der Waals surface area contributed by atoms with Crippen molar-refractivity contribution < 1.29 is 106 Å². The molecule has 24 nitrogen and oxygen atoms in total. The van der Waals surface area contributed by atoms with Gasteiger partial charge in [-0.15, -0.1) is 0 Å². The number of carbonyl (C=O) groups excluding carboxylic acids is 4. The van der Waals surface area contributed by atoms with Crippen molar-refractivity contribution in [3.8, 4) is 0 Å². The molecular formula is C69H132N2O22P2. The van der Waals surface area contributed by atoms with Gasteiger partial charge in [0, 0.05) is 6.66 Å². The summed E-state index contributed by atoms with van der Waals surface area (Å²) in [5.74, 6) is -3.81. The van der Waals surface area contributed by atoms with Crippen molar-refractivity contribution >= 4 is 39.2 Å². The Hall–Kier alpha value is -2.22. The average Bonchev–Trinajstić information content (AvgIpc) is 0.817. The van der Waals surface area contributed by atoms with E-state index in [0.717, 1.165) is 161 Å². The molecule has 0 aromatic heterocycles. The Balaban J connectivity index is 2.55. The number of nitrogens with one attached hydrogen (secondary N) is 2. The van der Waals surface area contributed by atoms with Crippen LogP contribution in [0, 0.1) is 0 Å². The van der Waals surface area contributed by atoms with Crippen LogP contribution in [-0.4, -0.2) is 175 Å². The van der Waals surface area contributed by atoms with E-state index in [1.54, 1.807) is 0 Å². The van der Waals surface area contributed by atoms with Crippen LogP contribution in [0.5, 0.6) is 0 Å². The molecule has 2 aliphatic rings. The van der Waals surface area contributed by atoms with Gasteiger partial charge in [-0.05, 0) is 25.7 Å². The number of rotatable bonds is 60. The highest BCUT2D eigenvalue weighted by Gasteiger charge is 2.54. The van der Waals surface area contributed by atoms with Crippen LogP contribution >= 0.6 is 15.4 Å². The number of phosphoric ester groups is 1.